The number of carbonyl (C=O) groups is 1. The number of hydrogen-bond donors (Lipinski definition) is 0. The van der Waals surface area contributed by atoms with E-state index in [-0.39, 0.29) is 36.7 Å². The molecule has 7 nitrogen and oxygen atoms in total. The lowest BCUT2D eigenvalue weighted by Gasteiger charge is -2.31. The quantitative estimate of drug-likeness (QED) is 0.744. The molecule has 2 aliphatic heterocycles. The average Bonchev–Trinajstić information content (AvgIpc) is 2.87. The van der Waals surface area contributed by atoms with E-state index >= 15 is 0 Å². The van der Waals surface area contributed by atoms with Crippen LogP contribution in [-0.2, 0) is 16.6 Å². The Kier molecular flexibility index (Phi) is 3.48. The van der Waals surface area contributed by atoms with Crippen LogP contribution in [-0.4, -0.2) is 65.9 Å². The predicted octanol–water partition coefficient (Wildman–Crippen LogP) is 0.389. The minimum Gasteiger partial charge on any atom is -0.331 e. The summed E-state index contributed by atoms with van der Waals surface area (Å²) in [6.07, 6.45) is -0.0248. The van der Waals surface area contributed by atoms with Crippen molar-refractivity contribution in [3.8, 4) is 0 Å². The molecule has 0 N–H and O–H groups in total. The summed E-state index contributed by atoms with van der Waals surface area (Å²) in [5, 5.41) is 3.90. The van der Waals surface area contributed by atoms with Crippen molar-refractivity contribution < 1.29 is 22.0 Å². The Morgan fingerprint density at radius 3 is 2.73 bits per heavy atom. The highest BCUT2D eigenvalue weighted by Gasteiger charge is 2.39. The first kappa shape index (κ1) is 15.3. The Hall–Kier alpha value is -1.55. The highest BCUT2D eigenvalue weighted by molar-refractivity contribution is 7.89. The molecule has 0 bridgehead atoms. The van der Waals surface area contributed by atoms with Gasteiger partial charge in [-0.15, -0.1) is 0 Å². The fraction of sp³-hybridized carbons (Fsp3) is 0.667. The highest BCUT2D eigenvalue weighted by Crippen LogP contribution is 2.28. The zero-order valence-corrected chi connectivity index (χ0v) is 12.8. The zero-order valence-electron chi connectivity index (χ0n) is 12.0. The predicted molar refractivity (Wildman–Crippen MR) is 72.1 cm³/mol. The highest BCUT2D eigenvalue weighted by atomic mass is 32.2. The Morgan fingerprint density at radius 1 is 1.32 bits per heavy atom. The molecule has 22 heavy (non-hydrogen) atoms. The first-order valence-corrected chi connectivity index (χ1v) is 8.36. The van der Waals surface area contributed by atoms with Gasteiger partial charge < -0.3 is 4.90 Å². The van der Waals surface area contributed by atoms with Gasteiger partial charge in [-0.25, -0.2) is 17.2 Å². The zero-order chi connectivity index (χ0) is 16.1. The van der Waals surface area contributed by atoms with Crippen LogP contribution in [0.5, 0.6) is 0 Å². The Morgan fingerprint density at radius 2 is 2.05 bits per heavy atom. The van der Waals surface area contributed by atoms with Gasteiger partial charge in [0.05, 0.1) is 13.1 Å². The van der Waals surface area contributed by atoms with Crippen molar-refractivity contribution in [2.24, 2.45) is 0 Å². The van der Waals surface area contributed by atoms with E-state index < -0.39 is 28.4 Å². The van der Waals surface area contributed by atoms with Crippen LogP contribution in [0.3, 0.4) is 0 Å². The van der Waals surface area contributed by atoms with E-state index in [1.54, 1.807) is 0 Å². The lowest BCUT2D eigenvalue weighted by Crippen LogP contribution is -2.45. The molecule has 3 rings (SSSR count). The maximum atomic E-state index is 13.4. The smallest absolute Gasteiger partial charge is 0.274 e. The number of carbonyl (C=O) groups excluding carboxylic acids is 1. The number of aromatic nitrogens is 2. The van der Waals surface area contributed by atoms with Crippen LogP contribution in [0.15, 0.2) is 11.1 Å². The monoisotopic (exact) mass is 334 g/mol. The molecule has 0 aromatic carbocycles. The van der Waals surface area contributed by atoms with Crippen LogP contribution >= 0.6 is 0 Å². The molecule has 0 saturated carbocycles. The molecule has 1 fully saturated rings. The number of likely N-dealkylation sites (N-methyl/N-ethyl adjacent to an activating group) is 1. The van der Waals surface area contributed by atoms with Crippen molar-refractivity contribution in [2.75, 3.05) is 26.7 Å². The molecular formula is C12H16F2N4O3S. The molecule has 10 heteroatoms. The van der Waals surface area contributed by atoms with E-state index in [4.69, 9.17) is 0 Å². The first-order valence-electron chi connectivity index (χ1n) is 6.92. The van der Waals surface area contributed by atoms with Gasteiger partial charge in [0.15, 0.2) is 10.7 Å². The maximum Gasteiger partial charge on any atom is 0.274 e. The summed E-state index contributed by atoms with van der Waals surface area (Å²) in [4.78, 5) is 13.3. The van der Waals surface area contributed by atoms with Gasteiger partial charge in [-0.3, -0.25) is 9.48 Å². The van der Waals surface area contributed by atoms with E-state index in [0.717, 1.165) is 4.90 Å². The minimum atomic E-state index is -3.67. The Balaban J connectivity index is 1.89. The Bertz CT molecular complexity index is 716. The topological polar surface area (TPSA) is 75.5 Å². The van der Waals surface area contributed by atoms with Gasteiger partial charge in [0.1, 0.15) is 0 Å². The molecule has 1 amide bonds. The third-order valence-electron chi connectivity index (χ3n) is 3.94. The lowest BCUT2D eigenvalue weighted by molar-refractivity contribution is -0.0561. The van der Waals surface area contributed by atoms with Gasteiger partial charge in [0.2, 0.25) is 0 Å². The number of likely N-dealkylation sites (tertiary alicyclic amines) is 1. The van der Waals surface area contributed by atoms with Gasteiger partial charge in [0.25, 0.3) is 21.9 Å². The molecule has 122 valence electrons. The second-order valence-corrected chi connectivity index (χ2v) is 7.60. The summed E-state index contributed by atoms with van der Waals surface area (Å²) < 4.78 is 53.5. The van der Waals surface area contributed by atoms with Crippen LogP contribution < -0.4 is 0 Å². The average molecular weight is 334 g/mol. The lowest BCUT2D eigenvalue weighted by atomic mass is 10.1. The number of sulfonamides is 1. The molecule has 0 unspecified atom stereocenters. The van der Waals surface area contributed by atoms with Crippen molar-refractivity contribution in [3.05, 3.63) is 11.8 Å². The number of amides is 1. The van der Waals surface area contributed by atoms with Gasteiger partial charge in [0, 0.05) is 32.6 Å². The van der Waals surface area contributed by atoms with Crippen LogP contribution in [0.25, 0.3) is 0 Å². The normalized spacial score (nSPS) is 24.0. The molecule has 3 heterocycles. The van der Waals surface area contributed by atoms with E-state index in [9.17, 15) is 22.0 Å². The fourth-order valence-electron chi connectivity index (χ4n) is 2.69. The molecule has 1 saturated heterocycles. The third kappa shape index (κ3) is 2.50. The largest absolute Gasteiger partial charge is 0.331 e. The number of hydrogen-bond acceptors (Lipinski definition) is 4. The van der Waals surface area contributed by atoms with Crippen molar-refractivity contribution >= 4 is 15.9 Å². The molecule has 0 atom stereocenters. The summed E-state index contributed by atoms with van der Waals surface area (Å²) in [7, 11) is -2.23. The van der Waals surface area contributed by atoms with Gasteiger partial charge in [-0.1, -0.05) is 0 Å². The van der Waals surface area contributed by atoms with E-state index in [0.29, 0.717) is 6.54 Å². The molecule has 0 spiro atoms. The first-order chi connectivity index (χ1) is 10.2. The van der Waals surface area contributed by atoms with Gasteiger partial charge in [-0.05, 0) is 6.42 Å². The van der Waals surface area contributed by atoms with Gasteiger partial charge in [-0.2, -0.15) is 9.40 Å². The van der Waals surface area contributed by atoms with E-state index in [2.05, 4.69) is 5.10 Å². The minimum absolute atomic E-state index is 0.0756. The standard InChI is InChI=1S/C12H16F2N4O3S/c1-16-5-6-18-10(22(16,20)21)7-9(15-18)11(19)17-4-2-3-12(13,14)8-17/h7H,2-6,8H2,1H3. The van der Waals surface area contributed by atoms with Crippen molar-refractivity contribution in [1.82, 2.24) is 19.0 Å². The van der Waals surface area contributed by atoms with Crippen LogP contribution in [0.1, 0.15) is 23.3 Å². The Labute approximate surface area is 126 Å². The van der Waals surface area contributed by atoms with E-state index in [1.807, 2.05) is 0 Å². The molecular weight excluding hydrogens is 318 g/mol. The van der Waals surface area contributed by atoms with Crippen LogP contribution in [0.2, 0.25) is 0 Å². The van der Waals surface area contributed by atoms with Crippen LogP contribution in [0.4, 0.5) is 8.78 Å². The van der Waals surface area contributed by atoms with Crippen molar-refractivity contribution in [3.63, 3.8) is 0 Å². The summed E-state index contributed by atoms with van der Waals surface area (Å²) in [6, 6.07) is 1.17. The number of nitrogens with zero attached hydrogens (tertiary/aromatic N) is 4. The number of rotatable bonds is 1. The number of alkyl halides is 2. The summed E-state index contributed by atoms with van der Waals surface area (Å²) in [5.41, 5.74) is -0.105. The third-order valence-corrected chi connectivity index (χ3v) is 5.80. The van der Waals surface area contributed by atoms with Crippen LogP contribution in [0, 0.1) is 0 Å². The summed E-state index contributed by atoms with van der Waals surface area (Å²) in [5.74, 6) is -3.56. The number of fused-ring (bicyclic) bond motifs is 1. The SMILES string of the molecule is CN1CCn2nc(C(=O)N3CCCC(F)(F)C3)cc2S1(=O)=O. The van der Waals surface area contributed by atoms with Crippen molar-refractivity contribution in [1.29, 1.82) is 0 Å². The molecule has 0 aliphatic carbocycles. The molecule has 0 radical (unpaired) electrons. The number of piperidine rings is 1. The second kappa shape index (κ2) is 4.98. The van der Waals surface area contributed by atoms with E-state index in [1.165, 1.54) is 22.1 Å². The second-order valence-electron chi connectivity index (χ2n) is 5.60. The fourth-order valence-corrected chi connectivity index (χ4v) is 3.99. The number of halogens is 2. The molecule has 1 aromatic rings. The van der Waals surface area contributed by atoms with Gasteiger partial charge >= 0.3 is 0 Å². The summed E-state index contributed by atoms with van der Waals surface area (Å²) in [6.45, 7) is 0.158. The van der Waals surface area contributed by atoms with Crippen molar-refractivity contribution in [2.45, 2.75) is 30.3 Å². The molecule has 1 aromatic heterocycles. The summed E-state index contributed by atoms with van der Waals surface area (Å²) >= 11 is 0. The maximum absolute atomic E-state index is 13.4. The molecule has 2 aliphatic rings.